The first-order valence-corrected chi connectivity index (χ1v) is 23.0. The Bertz CT molecular complexity index is 1750. The van der Waals surface area contributed by atoms with Gasteiger partial charge in [-0.05, 0) is 132 Å². The van der Waals surface area contributed by atoms with E-state index in [-0.39, 0.29) is 54.6 Å². The van der Waals surface area contributed by atoms with Crippen LogP contribution in [-0.4, -0.2) is 110 Å². The van der Waals surface area contributed by atoms with E-state index >= 15 is 0 Å². The van der Waals surface area contributed by atoms with Crippen LogP contribution < -0.4 is 15.2 Å². The van der Waals surface area contributed by atoms with Gasteiger partial charge < -0.3 is 44.2 Å². The summed E-state index contributed by atoms with van der Waals surface area (Å²) in [6.45, 7) is 11.9. The summed E-state index contributed by atoms with van der Waals surface area (Å²) < 4.78 is 36.2. The van der Waals surface area contributed by atoms with Crippen molar-refractivity contribution in [3.8, 4) is 11.5 Å². The average molecular weight is 867 g/mol. The fourth-order valence-electron chi connectivity index (χ4n) is 10.1. The molecule has 0 spiro atoms. The highest BCUT2D eigenvalue weighted by Crippen LogP contribution is 2.39. The molecule has 2 saturated heterocycles. The second-order valence-corrected chi connectivity index (χ2v) is 18.7. The van der Waals surface area contributed by atoms with Crippen LogP contribution in [0, 0.1) is 29.6 Å². The van der Waals surface area contributed by atoms with Crippen LogP contribution >= 0.6 is 0 Å². The minimum atomic E-state index is -2.47. The molecular formula is C49H74N2O11. The van der Waals surface area contributed by atoms with Gasteiger partial charge in [0.05, 0.1) is 19.3 Å². The molecule has 0 aromatic heterocycles. The Balaban J connectivity index is 1.47. The van der Waals surface area contributed by atoms with Crippen molar-refractivity contribution in [3.05, 3.63) is 47.6 Å². The molecule has 1 aromatic rings. The summed E-state index contributed by atoms with van der Waals surface area (Å²) in [5.41, 5.74) is 8.50. The molecule has 13 atom stereocenters. The van der Waals surface area contributed by atoms with Crippen LogP contribution in [0.4, 0.5) is 0 Å². The number of carbonyl (C=O) groups is 4. The molecule has 1 amide bonds. The number of allylic oxidation sites excluding steroid dienone is 3. The van der Waals surface area contributed by atoms with Crippen molar-refractivity contribution in [1.82, 2.24) is 4.90 Å². The lowest BCUT2D eigenvalue weighted by atomic mass is 9.81. The lowest BCUT2D eigenvalue weighted by Gasteiger charge is -2.47. The van der Waals surface area contributed by atoms with Crippen molar-refractivity contribution in [2.75, 3.05) is 27.9 Å². The first kappa shape index (κ1) is 49.4. The van der Waals surface area contributed by atoms with Crippen LogP contribution in [0.25, 0.3) is 0 Å². The standard InChI is InChI=1S/C49H74N2O11/c1-10-35-24-29(2)23-30(3)25-42(58-8)45-43(59-9)27-33(6)49(56,62-45)46(53)47(54)51-22-12-11-13-39(51)48(55)61-44(31(4)14-21-40(35)52)32(5)26-34-15-20-38(50)41(28-34)60-37-18-16-36(57-7)17-19-37/h16-19,24,26,30-31,33-35,38-39,41-45,56H,10-15,20-23,25,27-28,50H2,1-9H3/b29-24+,32-26?. The van der Waals surface area contributed by atoms with Crippen molar-refractivity contribution in [2.45, 2.75) is 167 Å². The number of rotatable bonds is 8. The Labute approximate surface area is 369 Å². The van der Waals surface area contributed by atoms with Gasteiger partial charge in [0, 0.05) is 45.1 Å². The number of ketones is 2. The molecule has 1 aliphatic carbocycles. The first-order valence-electron chi connectivity index (χ1n) is 23.0. The zero-order valence-electron chi connectivity index (χ0n) is 38.6. The number of cyclic esters (lactones) is 1. The van der Waals surface area contributed by atoms with Gasteiger partial charge in [-0.1, -0.05) is 45.4 Å². The number of hydrogen-bond acceptors (Lipinski definition) is 12. The number of esters is 1. The number of Topliss-reactive ketones (excluding diaryl/α,β-unsaturated/α-hetero) is 2. The minimum absolute atomic E-state index is 0.0820. The molecule has 62 heavy (non-hydrogen) atoms. The molecule has 1 saturated carbocycles. The summed E-state index contributed by atoms with van der Waals surface area (Å²) in [7, 11) is 4.73. The van der Waals surface area contributed by atoms with E-state index in [1.807, 2.05) is 52.0 Å². The van der Waals surface area contributed by atoms with E-state index in [0.29, 0.717) is 63.5 Å². The molecule has 13 heteroatoms. The minimum Gasteiger partial charge on any atom is -0.497 e. The third kappa shape index (κ3) is 11.9. The van der Waals surface area contributed by atoms with Crippen LogP contribution in [0.1, 0.15) is 119 Å². The maximum atomic E-state index is 14.5. The second-order valence-electron chi connectivity index (χ2n) is 18.7. The van der Waals surface area contributed by atoms with Gasteiger partial charge in [-0.3, -0.25) is 14.4 Å². The van der Waals surface area contributed by atoms with Gasteiger partial charge in [-0.25, -0.2) is 4.79 Å². The zero-order chi connectivity index (χ0) is 45.3. The summed E-state index contributed by atoms with van der Waals surface area (Å²) >= 11 is 0. The lowest BCUT2D eigenvalue weighted by molar-refractivity contribution is -0.302. The Morgan fingerprint density at radius 3 is 2.26 bits per heavy atom. The maximum Gasteiger partial charge on any atom is 0.329 e. The van der Waals surface area contributed by atoms with Crippen LogP contribution in [0.5, 0.6) is 11.5 Å². The van der Waals surface area contributed by atoms with E-state index in [0.717, 1.165) is 29.7 Å². The highest BCUT2D eigenvalue weighted by molar-refractivity contribution is 6.39. The molecule has 13 nitrogen and oxygen atoms in total. The molecular weight excluding hydrogens is 793 g/mol. The van der Waals surface area contributed by atoms with Gasteiger partial charge in [0.25, 0.3) is 11.7 Å². The second kappa shape index (κ2) is 22.3. The van der Waals surface area contributed by atoms with Crippen molar-refractivity contribution >= 4 is 23.4 Å². The summed E-state index contributed by atoms with van der Waals surface area (Å²) in [6, 6.07) is 6.23. The molecule has 3 heterocycles. The van der Waals surface area contributed by atoms with Gasteiger partial charge in [0.1, 0.15) is 41.6 Å². The van der Waals surface area contributed by atoms with E-state index in [1.165, 1.54) is 4.90 Å². The number of benzene rings is 1. The molecule has 13 unspecified atom stereocenters. The van der Waals surface area contributed by atoms with Crippen LogP contribution in [0.15, 0.2) is 47.6 Å². The van der Waals surface area contributed by atoms with E-state index in [2.05, 4.69) is 19.1 Å². The number of methoxy groups -OCH3 is 3. The number of nitrogens with two attached hydrogens (primary N) is 1. The number of ether oxygens (including phenoxy) is 6. The Morgan fingerprint density at radius 2 is 1.60 bits per heavy atom. The third-order valence-electron chi connectivity index (χ3n) is 13.9. The van der Waals surface area contributed by atoms with Crippen molar-refractivity contribution in [3.63, 3.8) is 0 Å². The maximum absolute atomic E-state index is 14.5. The molecule has 346 valence electrons. The fourth-order valence-corrected chi connectivity index (χ4v) is 10.1. The van der Waals surface area contributed by atoms with Crippen molar-refractivity contribution in [1.29, 1.82) is 0 Å². The predicted molar refractivity (Wildman–Crippen MR) is 235 cm³/mol. The molecule has 3 aliphatic heterocycles. The summed E-state index contributed by atoms with van der Waals surface area (Å²) in [4.78, 5) is 58.3. The number of piperidine rings is 1. The normalized spacial score (nSPS) is 37.3. The molecule has 2 bridgehead atoms. The molecule has 1 aromatic carbocycles. The molecule has 5 rings (SSSR count). The van der Waals surface area contributed by atoms with Gasteiger partial charge in [-0.2, -0.15) is 0 Å². The van der Waals surface area contributed by atoms with E-state index in [4.69, 9.17) is 34.2 Å². The van der Waals surface area contributed by atoms with Gasteiger partial charge >= 0.3 is 5.97 Å². The zero-order valence-corrected chi connectivity index (χ0v) is 38.6. The van der Waals surface area contributed by atoms with Crippen molar-refractivity contribution in [2.24, 2.45) is 35.3 Å². The number of nitrogens with zero attached hydrogens (tertiary/aromatic N) is 1. The molecule has 4 aliphatic rings. The highest BCUT2D eigenvalue weighted by Gasteiger charge is 2.56. The summed E-state index contributed by atoms with van der Waals surface area (Å²) in [5, 5.41) is 12.1. The average Bonchev–Trinajstić information content (AvgIpc) is 3.26. The molecule has 3 N–H and O–H groups in total. The highest BCUT2D eigenvalue weighted by atomic mass is 16.7. The van der Waals surface area contributed by atoms with E-state index < -0.39 is 59.8 Å². The Morgan fingerprint density at radius 1 is 0.919 bits per heavy atom. The monoisotopic (exact) mass is 867 g/mol. The summed E-state index contributed by atoms with van der Waals surface area (Å²) in [5.74, 6) is -4.79. The van der Waals surface area contributed by atoms with Gasteiger partial charge in [0.2, 0.25) is 5.79 Å². The van der Waals surface area contributed by atoms with Crippen LogP contribution in [0.3, 0.4) is 0 Å². The molecule has 3 fully saturated rings. The van der Waals surface area contributed by atoms with E-state index in [1.54, 1.807) is 28.3 Å². The quantitative estimate of drug-likeness (QED) is 0.157. The van der Waals surface area contributed by atoms with Gasteiger partial charge in [0.15, 0.2) is 0 Å². The Hall–Kier alpha value is -3.62. The smallest absolute Gasteiger partial charge is 0.329 e. The number of carbonyl (C=O) groups excluding carboxylic acids is 4. The number of amides is 1. The van der Waals surface area contributed by atoms with Gasteiger partial charge in [-0.15, -0.1) is 0 Å². The number of hydrogen-bond donors (Lipinski definition) is 2. The SMILES string of the molecule is CCC1/C=C(\C)CC(C)CC(OC)C2OC(O)(C(=O)C(=O)N3CCCCC3C(=O)OC(C(C)=CC3CCC(N)C(Oc4ccc(OC)cc4)C3)C(C)CCC1=O)C(C)CC2OC. The Kier molecular flexibility index (Phi) is 17.8. The first-order chi connectivity index (χ1) is 29.5. The predicted octanol–water partition coefficient (Wildman–Crippen LogP) is 6.91. The van der Waals surface area contributed by atoms with Crippen LogP contribution in [0.2, 0.25) is 0 Å². The number of aliphatic hydroxyl groups is 1. The topological polar surface area (TPSA) is 173 Å². The van der Waals surface area contributed by atoms with Crippen LogP contribution in [-0.2, 0) is 38.1 Å². The van der Waals surface area contributed by atoms with E-state index in [9.17, 15) is 24.3 Å². The number of fused-ring (bicyclic) bond motifs is 3. The lowest BCUT2D eigenvalue weighted by Crippen LogP contribution is -2.64. The largest absolute Gasteiger partial charge is 0.497 e. The fraction of sp³-hybridized carbons (Fsp3) is 0.714. The summed E-state index contributed by atoms with van der Waals surface area (Å²) in [6.07, 6.45) is 7.95. The molecule has 0 radical (unpaired) electrons. The van der Waals surface area contributed by atoms with Crippen molar-refractivity contribution < 1.29 is 52.7 Å². The third-order valence-corrected chi connectivity index (χ3v) is 13.9.